The van der Waals surface area contributed by atoms with Crippen molar-refractivity contribution in [1.82, 2.24) is 14.8 Å². The second-order valence-corrected chi connectivity index (χ2v) is 5.61. The fourth-order valence-corrected chi connectivity index (χ4v) is 2.52. The van der Waals surface area contributed by atoms with Crippen LogP contribution in [-0.2, 0) is 16.5 Å². The van der Waals surface area contributed by atoms with Crippen LogP contribution in [0, 0.1) is 20.8 Å². The number of hydrogen-bond acceptors (Lipinski definition) is 6. The first-order valence-electron chi connectivity index (χ1n) is 7.83. The number of carbonyl (C=O) groups excluding carboxylic acids is 3. The summed E-state index contributed by atoms with van der Waals surface area (Å²) in [5.74, 6) is -1.53. The smallest absolute Gasteiger partial charge is 0.342 e. The highest BCUT2D eigenvalue weighted by molar-refractivity contribution is 6.03. The van der Waals surface area contributed by atoms with Crippen LogP contribution in [0.5, 0.6) is 0 Å². The Morgan fingerprint density at radius 1 is 1.16 bits per heavy atom. The van der Waals surface area contributed by atoms with Crippen LogP contribution in [0.3, 0.4) is 0 Å². The molecule has 0 aliphatic rings. The zero-order chi connectivity index (χ0) is 18.7. The zero-order valence-electron chi connectivity index (χ0n) is 14.9. The van der Waals surface area contributed by atoms with Gasteiger partial charge in [-0.25, -0.2) is 9.59 Å². The third kappa shape index (κ3) is 3.62. The topological polar surface area (TPSA) is 103 Å². The number of ether oxygens (including phenoxy) is 2. The van der Waals surface area contributed by atoms with Gasteiger partial charge < -0.3 is 14.5 Å². The third-order valence-corrected chi connectivity index (χ3v) is 3.99. The molecule has 8 nitrogen and oxygen atoms in total. The van der Waals surface area contributed by atoms with Gasteiger partial charge >= 0.3 is 11.9 Å². The molecule has 0 atom stereocenters. The van der Waals surface area contributed by atoms with Crippen molar-refractivity contribution in [3.8, 4) is 0 Å². The van der Waals surface area contributed by atoms with Crippen LogP contribution in [0.25, 0.3) is 0 Å². The van der Waals surface area contributed by atoms with E-state index in [1.807, 2.05) is 0 Å². The molecule has 0 unspecified atom stereocenters. The maximum absolute atomic E-state index is 12.4. The van der Waals surface area contributed by atoms with E-state index in [1.165, 1.54) is 6.20 Å². The molecule has 2 heterocycles. The van der Waals surface area contributed by atoms with Gasteiger partial charge in [-0.1, -0.05) is 0 Å². The first-order valence-corrected chi connectivity index (χ1v) is 7.83. The van der Waals surface area contributed by atoms with Crippen molar-refractivity contribution < 1.29 is 23.9 Å². The van der Waals surface area contributed by atoms with Crippen LogP contribution in [0.4, 0.5) is 0 Å². The predicted molar refractivity (Wildman–Crippen MR) is 88.8 cm³/mol. The van der Waals surface area contributed by atoms with Gasteiger partial charge in [-0.05, 0) is 33.3 Å². The van der Waals surface area contributed by atoms with Gasteiger partial charge in [0.1, 0.15) is 5.56 Å². The van der Waals surface area contributed by atoms with E-state index >= 15 is 0 Å². The minimum atomic E-state index is -0.620. The Labute approximate surface area is 145 Å². The van der Waals surface area contributed by atoms with Crippen molar-refractivity contribution in [3.05, 3.63) is 40.0 Å². The Kier molecular flexibility index (Phi) is 5.41. The van der Waals surface area contributed by atoms with Crippen molar-refractivity contribution in [2.45, 2.75) is 27.7 Å². The van der Waals surface area contributed by atoms with Crippen molar-refractivity contribution >= 4 is 17.7 Å². The van der Waals surface area contributed by atoms with E-state index in [4.69, 9.17) is 9.47 Å². The summed E-state index contributed by atoms with van der Waals surface area (Å²) in [6, 6.07) is 0. The molecule has 8 heteroatoms. The standard InChI is InChI=1S/C17H21N3O5/c1-6-24-17(23)14-9(2)15(19-10(14)3)13(21)8-25-16(22)12-7-18-20(5)11(12)4/h7,19H,6,8H2,1-5H3. The number of Topliss-reactive ketones (excluding diaryl/α,β-unsaturated/α-hetero) is 1. The van der Waals surface area contributed by atoms with Gasteiger partial charge in [0.2, 0.25) is 5.78 Å². The summed E-state index contributed by atoms with van der Waals surface area (Å²) in [6.07, 6.45) is 1.39. The highest BCUT2D eigenvalue weighted by atomic mass is 16.5. The molecule has 0 aromatic carbocycles. The number of nitrogens with zero attached hydrogens (tertiary/aromatic N) is 2. The first kappa shape index (κ1) is 18.4. The molecule has 0 aliphatic heterocycles. The molecule has 0 amide bonds. The minimum Gasteiger partial charge on any atom is -0.462 e. The van der Waals surface area contributed by atoms with Gasteiger partial charge in [-0.15, -0.1) is 0 Å². The first-order chi connectivity index (χ1) is 11.8. The number of H-pyrrole nitrogens is 1. The second-order valence-electron chi connectivity index (χ2n) is 5.61. The highest BCUT2D eigenvalue weighted by Gasteiger charge is 2.24. The van der Waals surface area contributed by atoms with E-state index in [0.29, 0.717) is 28.1 Å². The van der Waals surface area contributed by atoms with Crippen LogP contribution >= 0.6 is 0 Å². The number of esters is 2. The number of carbonyl (C=O) groups is 3. The van der Waals surface area contributed by atoms with Gasteiger partial charge in [0, 0.05) is 18.4 Å². The lowest BCUT2D eigenvalue weighted by Crippen LogP contribution is -2.16. The van der Waals surface area contributed by atoms with Crippen molar-refractivity contribution in [3.63, 3.8) is 0 Å². The zero-order valence-corrected chi connectivity index (χ0v) is 14.9. The number of aromatic nitrogens is 3. The van der Waals surface area contributed by atoms with Crippen LogP contribution in [0.1, 0.15) is 55.1 Å². The summed E-state index contributed by atoms with van der Waals surface area (Å²) >= 11 is 0. The molecule has 2 aromatic heterocycles. The van der Waals surface area contributed by atoms with Crippen LogP contribution in [0.15, 0.2) is 6.20 Å². The maximum atomic E-state index is 12.4. The van der Waals surface area contributed by atoms with E-state index in [1.54, 1.807) is 39.4 Å². The average molecular weight is 347 g/mol. The molecule has 25 heavy (non-hydrogen) atoms. The van der Waals surface area contributed by atoms with Crippen molar-refractivity contribution in [2.75, 3.05) is 13.2 Å². The molecule has 134 valence electrons. The lowest BCUT2D eigenvalue weighted by atomic mass is 10.1. The van der Waals surface area contributed by atoms with E-state index < -0.39 is 24.3 Å². The Bertz CT molecular complexity index is 832. The van der Waals surface area contributed by atoms with Gasteiger partial charge in [-0.2, -0.15) is 5.10 Å². The van der Waals surface area contributed by atoms with Gasteiger partial charge in [0.15, 0.2) is 6.61 Å². The summed E-state index contributed by atoms with van der Waals surface area (Å²) in [5.41, 5.74) is 2.54. The van der Waals surface area contributed by atoms with Gasteiger partial charge in [-0.3, -0.25) is 9.48 Å². The number of nitrogens with one attached hydrogen (secondary N) is 1. The molecule has 2 aromatic rings. The number of aromatic amines is 1. The Morgan fingerprint density at radius 3 is 2.40 bits per heavy atom. The van der Waals surface area contributed by atoms with E-state index in [9.17, 15) is 14.4 Å². The quantitative estimate of drug-likeness (QED) is 0.632. The molecule has 0 spiro atoms. The van der Waals surface area contributed by atoms with E-state index in [0.717, 1.165) is 0 Å². The summed E-state index contributed by atoms with van der Waals surface area (Å²) in [4.78, 5) is 39.2. The molecular weight excluding hydrogens is 326 g/mol. The third-order valence-electron chi connectivity index (χ3n) is 3.99. The molecule has 0 saturated heterocycles. The van der Waals surface area contributed by atoms with Gasteiger partial charge in [0.05, 0.1) is 24.1 Å². The summed E-state index contributed by atoms with van der Waals surface area (Å²) in [7, 11) is 1.71. The lowest BCUT2D eigenvalue weighted by Gasteiger charge is -2.04. The minimum absolute atomic E-state index is 0.233. The molecular formula is C17H21N3O5. The van der Waals surface area contributed by atoms with E-state index in [2.05, 4.69) is 10.1 Å². The molecule has 0 fully saturated rings. The summed E-state index contributed by atoms with van der Waals surface area (Å²) in [5, 5.41) is 3.96. The predicted octanol–water partition coefficient (Wildman–Crippen LogP) is 1.89. The molecule has 0 bridgehead atoms. The summed E-state index contributed by atoms with van der Waals surface area (Å²) < 4.78 is 11.6. The maximum Gasteiger partial charge on any atom is 0.342 e. The molecule has 0 aliphatic carbocycles. The molecule has 1 N–H and O–H groups in total. The van der Waals surface area contributed by atoms with Crippen molar-refractivity contribution in [2.24, 2.45) is 7.05 Å². The number of aryl methyl sites for hydroxylation is 2. The van der Waals surface area contributed by atoms with Crippen LogP contribution < -0.4 is 0 Å². The van der Waals surface area contributed by atoms with Crippen LogP contribution in [-0.4, -0.2) is 45.7 Å². The Hall–Kier alpha value is -2.90. The highest BCUT2D eigenvalue weighted by Crippen LogP contribution is 2.20. The SMILES string of the molecule is CCOC(=O)c1c(C)[nH]c(C(=O)COC(=O)c2cnn(C)c2C)c1C. The number of hydrogen-bond donors (Lipinski definition) is 1. The molecule has 0 saturated carbocycles. The van der Waals surface area contributed by atoms with Crippen LogP contribution in [0.2, 0.25) is 0 Å². The molecule has 0 radical (unpaired) electrons. The van der Waals surface area contributed by atoms with Gasteiger partial charge in [0.25, 0.3) is 0 Å². The average Bonchev–Trinajstić information content (AvgIpc) is 3.05. The normalized spacial score (nSPS) is 10.6. The summed E-state index contributed by atoms with van der Waals surface area (Å²) in [6.45, 7) is 6.58. The number of ketones is 1. The largest absolute Gasteiger partial charge is 0.462 e. The fourth-order valence-electron chi connectivity index (χ4n) is 2.52. The Balaban J connectivity index is 2.11. The van der Waals surface area contributed by atoms with Crippen molar-refractivity contribution in [1.29, 1.82) is 0 Å². The molecule has 2 rings (SSSR count). The van der Waals surface area contributed by atoms with E-state index in [-0.39, 0.29) is 12.3 Å². The second kappa shape index (κ2) is 7.33. The monoisotopic (exact) mass is 347 g/mol. The Morgan fingerprint density at radius 2 is 1.84 bits per heavy atom. The number of rotatable bonds is 6. The fraction of sp³-hybridized carbons (Fsp3) is 0.412. The lowest BCUT2D eigenvalue weighted by molar-refractivity contribution is 0.0471.